The predicted molar refractivity (Wildman–Crippen MR) is 62.8 cm³/mol. The number of aliphatic imine (C=N–C) groups is 1. The van der Waals surface area contributed by atoms with Crippen LogP contribution in [0.4, 0.5) is 0 Å². The molecule has 0 saturated carbocycles. The lowest BCUT2D eigenvalue weighted by atomic mass is 10.4. The molecule has 0 N–H and O–H groups in total. The van der Waals surface area contributed by atoms with Gasteiger partial charge in [-0.25, -0.2) is 10.0 Å². The standard InChI is InChI=1S/C10H23NS/c1-7-10(4)12(6,8-11-5)9(2)3/h8-10H,7H2,1-6H3/b11-8+. The molecule has 0 aliphatic rings. The fraction of sp³-hybridized carbons (Fsp3) is 0.900. The largest absolute Gasteiger partial charge is 0.291 e. The van der Waals surface area contributed by atoms with E-state index in [1.54, 1.807) is 0 Å². The lowest BCUT2D eigenvalue weighted by Gasteiger charge is -2.41. The van der Waals surface area contributed by atoms with Gasteiger partial charge < -0.3 is 0 Å². The van der Waals surface area contributed by atoms with E-state index in [9.17, 15) is 0 Å². The fourth-order valence-corrected chi connectivity index (χ4v) is 3.83. The number of hydrogen-bond donors (Lipinski definition) is 0. The molecule has 0 heterocycles. The maximum atomic E-state index is 4.21. The molecule has 0 aromatic rings. The molecule has 0 amide bonds. The van der Waals surface area contributed by atoms with Crippen molar-refractivity contribution in [2.75, 3.05) is 13.3 Å². The van der Waals surface area contributed by atoms with Crippen molar-refractivity contribution in [2.24, 2.45) is 4.99 Å². The Labute approximate surface area is 79.0 Å². The SMILES string of the molecule is CCC(C)S(C)(/C=N/C)C(C)C. The van der Waals surface area contributed by atoms with Gasteiger partial charge in [0.25, 0.3) is 0 Å². The highest BCUT2D eigenvalue weighted by atomic mass is 32.3. The molecular weight excluding hydrogens is 166 g/mol. The van der Waals surface area contributed by atoms with Crippen molar-refractivity contribution in [3.05, 3.63) is 0 Å². The molecule has 0 saturated heterocycles. The molecule has 74 valence electrons. The van der Waals surface area contributed by atoms with Crippen LogP contribution in [0.3, 0.4) is 0 Å². The van der Waals surface area contributed by atoms with Gasteiger partial charge in [-0.2, -0.15) is 0 Å². The minimum atomic E-state index is -0.626. The smallest absolute Gasteiger partial charge is 0.0370 e. The number of hydrogen-bond acceptors (Lipinski definition) is 1. The molecular formula is C10H23NS. The van der Waals surface area contributed by atoms with Gasteiger partial charge >= 0.3 is 0 Å². The molecule has 0 spiro atoms. The summed E-state index contributed by atoms with van der Waals surface area (Å²) in [7, 11) is 1.26. The molecule has 0 aliphatic carbocycles. The van der Waals surface area contributed by atoms with E-state index in [0.717, 1.165) is 10.5 Å². The van der Waals surface area contributed by atoms with E-state index in [1.165, 1.54) is 6.42 Å². The predicted octanol–water partition coefficient (Wildman–Crippen LogP) is 3.29. The van der Waals surface area contributed by atoms with Gasteiger partial charge in [-0.15, -0.1) is 0 Å². The summed E-state index contributed by atoms with van der Waals surface area (Å²) >= 11 is 0. The summed E-state index contributed by atoms with van der Waals surface area (Å²) in [6.07, 6.45) is 3.65. The Bertz CT molecular complexity index is 154. The lowest BCUT2D eigenvalue weighted by molar-refractivity contribution is 0.884. The first kappa shape index (κ1) is 12.0. The molecule has 0 rings (SSSR count). The summed E-state index contributed by atoms with van der Waals surface area (Å²) in [5.74, 6) is 0. The van der Waals surface area contributed by atoms with E-state index in [0.29, 0.717) is 0 Å². The summed E-state index contributed by atoms with van der Waals surface area (Å²) in [4.78, 5) is 4.21. The molecule has 12 heavy (non-hydrogen) atoms. The van der Waals surface area contributed by atoms with Gasteiger partial charge in [-0.1, -0.05) is 27.7 Å². The zero-order chi connectivity index (χ0) is 9.78. The van der Waals surface area contributed by atoms with Crippen LogP contribution in [0.15, 0.2) is 4.99 Å². The summed E-state index contributed by atoms with van der Waals surface area (Å²) < 4.78 is 0. The van der Waals surface area contributed by atoms with Gasteiger partial charge in [0.2, 0.25) is 0 Å². The first-order chi connectivity index (χ1) is 5.49. The van der Waals surface area contributed by atoms with Crippen LogP contribution >= 0.6 is 10.0 Å². The van der Waals surface area contributed by atoms with Crippen molar-refractivity contribution < 1.29 is 0 Å². The maximum Gasteiger partial charge on any atom is 0.0370 e. The molecule has 0 aromatic heterocycles. The fourth-order valence-electron chi connectivity index (χ4n) is 1.28. The van der Waals surface area contributed by atoms with E-state index in [1.807, 2.05) is 7.05 Å². The van der Waals surface area contributed by atoms with E-state index < -0.39 is 10.0 Å². The zero-order valence-electron chi connectivity index (χ0n) is 9.29. The highest BCUT2D eigenvalue weighted by Crippen LogP contribution is 2.51. The molecule has 0 aromatic carbocycles. The van der Waals surface area contributed by atoms with E-state index in [-0.39, 0.29) is 0 Å². The van der Waals surface area contributed by atoms with Crippen molar-refractivity contribution in [1.82, 2.24) is 0 Å². The molecule has 2 unspecified atom stereocenters. The highest BCUT2D eigenvalue weighted by Gasteiger charge is 2.25. The number of rotatable bonds is 4. The van der Waals surface area contributed by atoms with Crippen molar-refractivity contribution in [3.8, 4) is 0 Å². The van der Waals surface area contributed by atoms with Crippen molar-refractivity contribution in [1.29, 1.82) is 0 Å². The Kier molecular flexibility index (Phi) is 4.91. The van der Waals surface area contributed by atoms with Crippen LogP contribution in [0.1, 0.15) is 34.1 Å². The Balaban J connectivity index is 4.60. The zero-order valence-corrected chi connectivity index (χ0v) is 10.1. The maximum absolute atomic E-state index is 4.21. The summed E-state index contributed by atoms with van der Waals surface area (Å²) in [6.45, 7) is 9.23. The third-order valence-electron chi connectivity index (χ3n) is 2.79. The van der Waals surface area contributed by atoms with Crippen LogP contribution in [0.5, 0.6) is 0 Å². The van der Waals surface area contributed by atoms with Crippen molar-refractivity contribution >= 4 is 15.6 Å². The molecule has 2 heteroatoms. The van der Waals surface area contributed by atoms with Crippen LogP contribution in [0, 0.1) is 0 Å². The third kappa shape index (κ3) is 2.51. The Hall–Kier alpha value is 0.0200. The van der Waals surface area contributed by atoms with Crippen LogP contribution in [-0.4, -0.2) is 29.3 Å². The van der Waals surface area contributed by atoms with Gasteiger partial charge in [0.1, 0.15) is 0 Å². The molecule has 2 atom stereocenters. The van der Waals surface area contributed by atoms with Crippen LogP contribution in [0.25, 0.3) is 0 Å². The van der Waals surface area contributed by atoms with Crippen LogP contribution in [0.2, 0.25) is 0 Å². The minimum Gasteiger partial charge on any atom is -0.291 e. The van der Waals surface area contributed by atoms with Crippen LogP contribution < -0.4 is 0 Å². The van der Waals surface area contributed by atoms with E-state index >= 15 is 0 Å². The quantitative estimate of drug-likeness (QED) is 0.475. The second kappa shape index (κ2) is 4.90. The Morgan fingerprint density at radius 1 is 1.33 bits per heavy atom. The normalized spacial score (nSPS) is 22.6. The summed E-state index contributed by atoms with van der Waals surface area (Å²) in [5, 5.41) is 1.54. The van der Waals surface area contributed by atoms with E-state index in [2.05, 4.69) is 44.5 Å². The van der Waals surface area contributed by atoms with Crippen molar-refractivity contribution in [2.45, 2.75) is 44.6 Å². The second-order valence-corrected chi connectivity index (χ2v) is 7.94. The van der Waals surface area contributed by atoms with Crippen LogP contribution in [-0.2, 0) is 0 Å². The average molecular weight is 189 g/mol. The first-order valence-electron chi connectivity index (χ1n) is 4.67. The Morgan fingerprint density at radius 2 is 1.83 bits per heavy atom. The van der Waals surface area contributed by atoms with Gasteiger partial charge in [0.05, 0.1) is 0 Å². The van der Waals surface area contributed by atoms with Gasteiger partial charge in [0, 0.05) is 12.6 Å². The molecule has 0 radical (unpaired) electrons. The van der Waals surface area contributed by atoms with Gasteiger partial charge in [-0.05, 0) is 23.2 Å². The van der Waals surface area contributed by atoms with E-state index in [4.69, 9.17) is 0 Å². The lowest BCUT2D eigenvalue weighted by Crippen LogP contribution is -2.22. The monoisotopic (exact) mass is 189 g/mol. The summed E-state index contributed by atoms with van der Waals surface area (Å²) in [5.41, 5.74) is 2.20. The topological polar surface area (TPSA) is 12.4 Å². The first-order valence-corrected chi connectivity index (χ1v) is 6.90. The second-order valence-electron chi connectivity index (χ2n) is 3.75. The Morgan fingerprint density at radius 3 is 2.08 bits per heavy atom. The van der Waals surface area contributed by atoms with Gasteiger partial charge in [-0.3, -0.25) is 4.99 Å². The minimum absolute atomic E-state index is 0.626. The molecule has 0 bridgehead atoms. The summed E-state index contributed by atoms with van der Waals surface area (Å²) in [6, 6.07) is 0. The third-order valence-corrected chi connectivity index (χ3v) is 7.55. The van der Waals surface area contributed by atoms with Gasteiger partial charge in [0.15, 0.2) is 0 Å². The molecule has 0 fully saturated rings. The molecule has 1 nitrogen and oxygen atoms in total. The highest BCUT2D eigenvalue weighted by molar-refractivity contribution is 8.44. The molecule has 0 aliphatic heterocycles. The average Bonchev–Trinajstić information content (AvgIpc) is 2.03. The van der Waals surface area contributed by atoms with Crippen molar-refractivity contribution in [3.63, 3.8) is 0 Å². The number of nitrogens with zero attached hydrogens (tertiary/aromatic N) is 1.